The molecule has 0 atom stereocenters. The van der Waals surface area contributed by atoms with Crippen molar-refractivity contribution < 1.29 is 9.05 Å². The highest BCUT2D eigenvalue weighted by Crippen LogP contribution is 2.52. The molecule has 2 nitrogen and oxygen atoms in total. The van der Waals surface area contributed by atoms with Gasteiger partial charge in [0.1, 0.15) is 0 Å². The number of halogens is 1. The van der Waals surface area contributed by atoms with E-state index in [0.717, 1.165) is 0 Å². The van der Waals surface area contributed by atoms with Crippen molar-refractivity contribution in [2.45, 2.75) is 13.8 Å². The molecule has 0 saturated carbocycles. The van der Waals surface area contributed by atoms with Gasteiger partial charge in [-0.25, -0.2) is 0 Å². The molecule has 0 saturated heterocycles. The van der Waals surface area contributed by atoms with Crippen LogP contribution in [-0.4, -0.2) is 13.2 Å². The Bertz CT molecular complexity index is 121. The van der Waals surface area contributed by atoms with E-state index in [0.29, 0.717) is 13.2 Å². The van der Waals surface area contributed by atoms with Gasteiger partial charge in [-0.15, -0.1) is 0 Å². The molecular weight excluding hydrogens is 191 g/mol. The predicted molar refractivity (Wildman–Crippen MR) is 47.7 cm³/mol. The largest absolute Gasteiger partial charge is 0.354 e. The van der Waals surface area contributed by atoms with E-state index in [-0.39, 0.29) is 0 Å². The molecule has 0 spiro atoms. The Hall–Kier alpha value is 0.860. The van der Waals surface area contributed by atoms with Crippen molar-refractivity contribution in [3.05, 3.63) is 5.62 Å². The Kier molecular flexibility index (Phi) is 5.98. The van der Waals surface area contributed by atoms with Gasteiger partial charge in [-0.2, -0.15) is 5.62 Å². The van der Waals surface area contributed by atoms with Crippen LogP contribution in [0.3, 0.4) is 0 Å². The molecule has 0 N–H and O–H groups in total. The average molecular weight is 202 g/mol. The van der Waals surface area contributed by atoms with Crippen molar-refractivity contribution >= 4 is 29.9 Å². The average Bonchev–Trinajstić information content (AvgIpc) is 1.89. The van der Waals surface area contributed by atoms with Gasteiger partial charge in [0.05, 0.1) is 6.49 Å². The van der Waals surface area contributed by atoms with E-state index >= 15 is 0 Å². The summed E-state index contributed by atoms with van der Waals surface area (Å²) in [5.74, 6) is 0. The molecule has 0 aliphatic heterocycles. The van der Waals surface area contributed by atoms with E-state index in [4.69, 9.17) is 32.5 Å². The molecule has 0 heterocycles. The molecule has 10 heavy (non-hydrogen) atoms. The highest BCUT2D eigenvalue weighted by atomic mass is 35.5. The summed E-state index contributed by atoms with van der Waals surface area (Å²) >= 11 is 10.4. The molecule has 5 heteroatoms. The van der Waals surface area contributed by atoms with Crippen LogP contribution in [0.2, 0.25) is 0 Å². The molecule has 0 aromatic carbocycles. The zero-order valence-electron chi connectivity index (χ0n) is 6.04. The third kappa shape index (κ3) is 3.89. The molecule has 0 unspecified atom stereocenters. The molecule has 0 aliphatic carbocycles. The first kappa shape index (κ1) is 10.9. The monoisotopic (exact) mass is 201 g/mol. The molecule has 0 aromatic heterocycles. The van der Waals surface area contributed by atoms with Gasteiger partial charge in [0.2, 0.25) is 0 Å². The van der Waals surface area contributed by atoms with Crippen LogP contribution in [-0.2, 0) is 20.9 Å². The molecule has 0 aromatic rings. The molecule has 62 valence electrons. The van der Waals surface area contributed by atoms with Gasteiger partial charge in [-0.1, -0.05) is 11.8 Å². The zero-order valence-corrected chi connectivity index (χ0v) is 8.51. The van der Waals surface area contributed by atoms with Crippen LogP contribution in [0.1, 0.15) is 13.8 Å². The zero-order chi connectivity index (χ0) is 8.04. The van der Waals surface area contributed by atoms with Crippen molar-refractivity contribution in [1.82, 2.24) is 0 Å². The third-order valence-corrected chi connectivity index (χ3v) is 4.28. The summed E-state index contributed by atoms with van der Waals surface area (Å²) in [5, 5.41) is 0. The lowest BCUT2D eigenvalue weighted by molar-refractivity contribution is 0.273. The quantitative estimate of drug-likeness (QED) is 0.503. The van der Waals surface area contributed by atoms with Gasteiger partial charge in [0, 0.05) is 13.2 Å². The highest BCUT2D eigenvalue weighted by Gasteiger charge is 2.03. The third-order valence-electron chi connectivity index (χ3n) is 0.738. The maximum atomic E-state index is 5.44. The van der Waals surface area contributed by atoms with Crippen LogP contribution in [0.4, 0.5) is 0 Å². The summed E-state index contributed by atoms with van der Waals surface area (Å²) in [7, 11) is 0. The van der Waals surface area contributed by atoms with Gasteiger partial charge < -0.3 is 20.6 Å². The van der Waals surface area contributed by atoms with Crippen LogP contribution in [0, 0.1) is 5.62 Å². The molecular formula is C5H11ClO2PS-. The van der Waals surface area contributed by atoms with Crippen LogP contribution in [0.25, 0.3) is 0 Å². The van der Waals surface area contributed by atoms with Crippen molar-refractivity contribution in [3.8, 4) is 0 Å². The van der Waals surface area contributed by atoms with Crippen LogP contribution in [0.5, 0.6) is 0 Å². The minimum Gasteiger partial charge on any atom is -0.354 e. The summed E-state index contributed by atoms with van der Waals surface area (Å²) in [6.07, 6.45) is 0. The number of hydrogen-bond acceptors (Lipinski definition) is 3. The fourth-order valence-corrected chi connectivity index (χ4v) is 2.33. The molecule has 0 rings (SSSR count). The highest BCUT2D eigenvalue weighted by molar-refractivity contribution is 8.11. The van der Waals surface area contributed by atoms with E-state index in [9.17, 15) is 0 Å². The van der Waals surface area contributed by atoms with Gasteiger partial charge >= 0.3 is 0 Å². The van der Waals surface area contributed by atoms with Crippen molar-refractivity contribution in [2.24, 2.45) is 0 Å². The van der Waals surface area contributed by atoms with E-state index in [1.807, 2.05) is 13.8 Å². The van der Waals surface area contributed by atoms with E-state index in [1.165, 1.54) is 5.62 Å². The smallest absolute Gasteiger partial charge is 0.0609 e. The Morgan fingerprint density at radius 1 is 1.40 bits per heavy atom. The van der Waals surface area contributed by atoms with Crippen LogP contribution < -0.4 is 0 Å². The molecule has 0 amide bonds. The summed E-state index contributed by atoms with van der Waals surface area (Å²) in [6.45, 7) is 2.58. The second-order valence-electron chi connectivity index (χ2n) is 1.47. The van der Waals surface area contributed by atoms with Gasteiger partial charge in [-0.3, -0.25) is 0 Å². The summed E-state index contributed by atoms with van der Waals surface area (Å²) in [5.41, 5.74) is 1.31. The second kappa shape index (κ2) is 5.50. The first-order chi connectivity index (χ1) is 4.68. The predicted octanol–water partition coefficient (Wildman–Crippen LogP) is 2.73. The summed E-state index contributed by atoms with van der Waals surface area (Å²) < 4.78 is 10.3. The normalized spacial score (nSPS) is 11.9. The minimum absolute atomic E-state index is 0.542. The van der Waals surface area contributed by atoms with Gasteiger partial charge in [-0.05, 0) is 13.8 Å². The summed E-state index contributed by atoms with van der Waals surface area (Å²) in [4.78, 5) is 0. The first-order valence-corrected chi connectivity index (χ1v) is 6.16. The fourth-order valence-electron chi connectivity index (χ4n) is 0.454. The molecule has 0 bridgehead atoms. The Morgan fingerprint density at radius 2 is 1.80 bits per heavy atom. The van der Waals surface area contributed by atoms with Gasteiger partial charge in [0.15, 0.2) is 0 Å². The van der Waals surface area contributed by atoms with Crippen molar-refractivity contribution in [1.29, 1.82) is 0 Å². The maximum absolute atomic E-state index is 5.44. The SMILES string of the molecule is CCOP(=S)([CH-]Cl)OCC. The van der Waals surface area contributed by atoms with Crippen LogP contribution in [0.15, 0.2) is 0 Å². The lowest BCUT2D eigenvalue weighted by Crippen LogP contribution is -1.92. The molecule has 0 radical (unpaired) electrons. The van der Waals surface area contributed by atoms with E-state index in [1.54, 1.807) is 0 Å². The Labute approximate surface area is 72.0 Å². The first-order valence-electron chi connectivity index (χ1n) is 3.02. The number of rotatable bonds is 5. The number of hydrogen-bond donors (Lipinski definition) is 0. The molecule has 0 aliphatic rings. The van der Waals surface area contributed by atoms with Crippen molar-refractivity contribution in [3.63, 3.8) is 0 Å². The van der Waals surface area contributed by atoms with Gasteiger partial charge in [0.25, 0.3) is 0 Å². The Morgan fingerprint density at radius 3 is 2.00 bits per heavy atom. The summed E-state index contributed by atoms with van der Waals surface area (Å²) in [6, 6.07) is 0. The standard InChI is InChI=1S/C5H11ClO2PS/c1-3-7-9(10,5-6)8-4-2/h5H,3-4H2,1-2H3/q-1. The molecule has 0 fully saturated rings. The topological polar surface area (TPSA) is 18.5 Å². The second-order valence-corrected chi connectivity index (χ2v) is 5.38. The lowest BCUT2D eigenvalue weighted by Gasteiger charge is -2.26. The van der Waals surface area contributed by atoms with Crippen LogP contribution >= 0.6 is 18.1 Å². The fraction of sp³-hybridized carbons (Fsp3) is 0.800. The van der Waals surface area contributed by atoms with E-state index < -0.39 is 6.49 Å². The maximum Gasteiger partial charge on any atom is 0.0609 e. The van der Waals surface area contributed by atoms with E-state index in [2.05, 4.69) is 0 Å². The van der Waals surface area contributed by atoms with Crippen molar-refractivity contribution in [2.75, 3.05) is 13.2 Å². The lowest BCUT2D eigenvalue weighted by atomic mass is 10.9. The Balaban J connectivity index is 3.83. The minimum atomic E-state index is -2.23.